The minimum Gasteiger partial charge on any atom is -0.481 e. The van der Waals surface area contributed by atoms with Crippen LogP contribution < -0.4 is 0 Å². The molecule has 0 saturated carbocycles. The lowest BCUT2D eigenvalue weighted by Crippen LogP contribution is -2.26. The van der Waals surface area contributed by atoms with Gasteiger partial charge in [-0.15, -0.1) is 0 Å². The zero-order valence-electron chi connectivity index (χ0n) is 6.56. The SMILES string of the molecule is O=C(O)CC1(F)C=C(F)C=C(F)C1. The van der Waals surface area contributed by atoms with Gasteiger partial charge in [-0.05, 0) is 6.08 Å². The fraction of sp³-hybridized carbons (Fsp3) is 0.375. The number of hydrogen-bond acceptors (Lipinski definition) is 1. The second-order valence-corrected chi connectivity index (χ2v) is 2.90. The van der Waals surface area contributed by atoms with Gasteiger partial charge in [-0.2, -0.15) is 0 Å². The average Bonchev–Trinajstić information content (AvgIpc) is 1.77. The van der Waals surface area contributed by atoms with Crippen LogP contribution in [0.3, 0.4) is 0 Å². The average molecular weight is 192 g/mol. The highest BCUT2D eigenvalue weighted by molar-refractivity contribution is 5.69. The summed E-state index contributed by atoms with van der Waals surface area (Å²) in [7, 11) is 0. The van der Waals surface area contributed by atoms with Crippen molar-refractivity contribution in [2.24, 2.45) is 0 Å². The van der Waals surface area contributed by atoms with E-state index in [1.165, 1.54) is 0 Å². The van der Waals surface area contributed by atoms with Gasteiger partial charge in [0.25, 0.3) is 0 Å². The first-order chi connectivity index (χ1) is 5.91. The van der Waals surface area contributed by atoms with Gasteiger partial charge in [0.05, 0.1) is 6.42 Å². The van der Waals surface area contributed by atoms with E-state index < -0.39 is 36.1 Å². The van der Waals surface area contributed by atoms with Crippen molar-refractivity contribution in [1.29, 1.82) is 0 Å². The van der Waals surface area contributed by atoms with Gasteiger partial charge in [-0.25, -0.2) is 13.2 Å². The molecule has 1 unspecified atom stereocenters. The van der Waals surface area contributed by atoms with Gasteiger partial charge >= 0.3 is 5.97 Å². The maximum atomic E-state index is 13.3. The predicted octanol–water partition coefficient (Wildman–Crippen LogP) is 2.28. The summed E-state index contributed by atoms with van der Waals surface area (Å²) >= 11 is 0. The molecule has 0 radical (unpaired) electrons. The molecule has 0 aromatic rings. The van der Waals surface area contributed by atoms with Crippen molar-refractivity contribution in [2.45, 2.75) is 18.5 Å². The van der Waals surface area contributed by atoms with Crippen molar-refractivity contribution < 1.29 is 23.1 Å². The molecule has 1 rings (SSSR count). The van der Waals surface area contributed by atoms with Crippen LogP contribution in [-0.4, -0.2) is 16.7 Å². The maximum absolute atomic E-state index is 13.3. The van der Waals surface area contributed by atoms with Crippen LogP contribution >= 0.6 is 0 Å². The monoisotopic (exact) mass is 192 g/mol. The minimum absolute atomic E-state index is 0.490. The Kier molecular flexibility index (Phi) is 2.45. The second-order valence-electron chi connectivity index (χ2n) is 2.90. The summed E-state index contributed by atoms with van der Waals surface area (Å²) in [5.74, 6) is -3.49. The molecule has 0 bridgehead atoms. The molecule has 1 N–H and O–H groups in total. The number of aliphatic carboxylic acids is 1. The summed E-state index contributed by atoms with van der Waals surface area (Å²) in [4.78, 5) is 10.2. The first-order valence-electron chi connectivity index (χ1n) is 3.56. The first kappa shape index (κ1) is 9.83. The zero-order valence-corrected chi connectivity index (χ0v) is 6.56. The molecule has 0 saturated heterocycles. The summed E-state index contributed by atoms with van der Waals surface area (Å²) < 4.78 is 38.4. The molecule has 2 nitrogen and oxygen atoms in total. The summed E-state index contributed by atoms with van der Waals surface area (Å²) in [6.07, 6.45) is -0.613. The molecule has 5 heteroatoms. The summed E-state index contributed by atoms with van der Waals surface area (Å²) in [6, 6.07) is 0. The lowest BCUT2D eigenvalue weighted by atomic mass is 9.93. The molecule has 0 aliphatic heterocycles. The Balaban J connectivity index is 2.83. The van der Waals surface area contributed by atoms with E-state index in [9.17, 15) is 18.0 Å². The minimum atomic E-state index is -2.44. The quantitative estimate of drug-likeness (QED) is 0.728. The van der Waals surface area contributed by atoms with Gasteiger partial charge in [0, 0.05) is 12.5 Å². The Bertz CT molecular complexity index is 292. The molecule has 72 valence electrons. The van der Waals surface area contributed by atoms with Crippen LogP contribution in [0.1, 0.15) is 12.8 Å². The smallest absolute Gasteiger partial charge is 0.306 e. The van der Waals surface area contributed by atoms with E-state index in [2.05, 4.69) is 0 Å². The number of rotatable bonds is 2. The van der Waals surface area contributed by atoms with Crippen LogP contribution in [-0.2, 0) is 4.79 Å². The van der Waals surface area contributed by atoms with Gasteiger partial charge in [-0.3, -0.25) is 4.79 Å². The van der Waals surface area contributed by atoms with Gasteiger partial charge in [-0.1, -0.05) is 0 Å². The molecule has 0 spiro atoms. The number of carboxylic acid groups (broad SMARTS) is 1. The number of carboxylic acids is 1. The number of allylic oxidation sites excluding steroid dienone is 4. The third-order valence-electron chi connectivity index (χ3n) is 1.60. The normalized spacial score (nSPS) is 27.9. The Labute approximate surface area is 72.4 Å². The molecule has 1 atom stereocenters. The van der Waals surface area contributed by atoms with Crippen molar-refractivity contribution in [3.63, 3.8) is 0 Å². The van der Waals surface area contributed by atoms with E-state index in [-0.39, 0.29) is 0 Å². The lowest BCUT2D eigenvalue weighted by molar-refractivity contribution is -0.139. The number of alkyl halides is 1. The predicted molar refractivity (Wildman–Crippen MR) is 39.1 cm³/mol. The highest BCUT2D eigenvalue weighted by atomic mass is 19.2. The highest BCUT2D eigenvalue weighted by Gasteiger charge is 2.35. The third kappa shape index (κ3) is 2.61. The van der Waals surface area contributed by atoms with E-state index in [4.69, 9.17) is 5.11 Å². The van der Waals surface area contributed by atoms with Gasteiger partial charge in [0.2, 0.25) is 0 Å². The first-order valence-corrected chi connectivity index (χ1v) is 3.56. The standard InChI is InChI=1S/C8H7F3O2/c9-5-1-6(10)3-8(11,2-5)4-7(12)13/h1-2H,3-4H2,(H,12,13). The third-order valence-corrected chi connectivity index (χ3v) is 1.60. The zero-order chi connectivity index (χ0) is 10.1. The van der Waals surface area contributed by atoms with E-state index in [1.807, 2.05) is 0 Å². The highest BCUT2D eigenvalue weighted by Crippen LogP contribution is 2.33. The van der Waals surface area contributed by atoms with E-state index >= 15 is 0 Å². The molecule has 0 amide bonds. The van der Waals surface area contributed by atoms with Crippen LogP contribution in [0, 0.1) is 0 Å². The van der Waals surface area contributed by atoms with Gasteiger partial charge in [0.15, 0.2) is 0 Å². The van der Waals surface area contributed by atoms with Crippen molar-refractivity contribution >= 4 is 5.97 Å². The summed E-state index contributed by atoms with van der Waals surface area (Å²) in [5, 5.41) is 8.27. The Morgan fingerprint density at radius 1 is 1.62 bits per heavy atom. The summed E-state index contributed by atoms with van der Waals surface area (Å²) in [6.45, 7) is 0. The van der Waals surface area contributed by atoms with Crippen molar-refractivity contribution in [3.05, 3.63) is 23.8 Å². The molecule has 0 aromatic heterocycles. The fourth-order valence-electron chi connectivity index (χ4n) is 1.19. The molecular weight excluding hydrogens is 185 g/mol. The maximum Gasteiger partial charge on any atom is 0.306 e. The van der Waals surface area contributed by atoms with Crippen molar-refractivity contribution in [3.8, 4) is 0 Å². The van der Waals surface area contributed by atoms with Gasteiger partial charge in [0.1, 0.15) is 17.3 Å². The van der Waals surface area contributed by atoms with Gasteiger partial charge < -0.3 is 5.11 Å². The molecular formula is C8H7F3O2. The Morgan fingerprint density at radius 2 is 2.23 bits per heavy atom. The molecule has 0 heterocycles. The lowest BCUT2D eigenvalue weighted by Gasteiger charge is -2.21. The summed E-state index contributed by atoms with van der Waals surface area (Å²) in [5.41, 5.74) is -2.44. The van der Waals surface area contributed by atoms with Crippen LogP contribution in [0.15, 0.2) is 23.8 Å². The molecule has 0 aromatic carbocycles. The number of halogens is 3. The van der Waals surface area contributed by atoms with Crippen LogP contribution in [0.25, 0.3) is 0 Å². The molecule has 1 aliphatic rings. The molecule has 0 fully saturated rings. The Morgan fingerprint density at radius 3 is 2.69 bits per heavy atom. The van der Waals surface area contributed by atoms with Crippen molar-refractivity contribution in [2.75, 3.05) is 0 Å². The van der Waals surface area contributed by atoms with Crippen LogP contribution in [0.4, 0.5) is 13.2 Å². The number of hydrogen-bond donors (Lipinski definition) is 1. The van der Waals surface area contributed by atoms with E-state index in [0.29, 0.717) is 12.2 Å². The largest absolute Gasteiger partial charge is 0.481 e. The number of carbonyl (C=O) groups is 1. The molecule has 13 heavy (non-hydrogen) atoms. The fourth-order valence-corrected chi connectivity index (χ4v) is 1.19. The van der Waals surface area contributed by atoms with E-state index in [0.717, 1.165) is 0 Å². The van der Waals surface area contributed by atoms with E-state index in [1.54, 1.807) is 0 Å². The second kappa shape index (κ2) is 3.24. The van der Waals surface area contributed by atoms with Crippen molar-refractivity contribution in [1.82, 2.24) is 0 Å². The Hall–Kier alpha value is -1.26. The molecule has 1 aliphatic carbocycles. The van der Waals surface area contributed by atoms with Crippen LogP contribution in [0.5, 0.6) is 0 Å². The topological polar surface area (TPSA) is 37.3 Å². The van der Waals surface area contributed by atoms with Crippen LogP contribution in [0.2, 0.25) is 0 Å².